The highest BCUT2D eigenvalue weighted by atomic mass is 16.5. The van der Waals surface area contributed by atoms with E-state index >= 15 is 0 Å². The van der Waals surface area contributed by atoms with Gasteiger partial charge in [-0.3, -0.25) is 0 Å². The summed E-state index contributed by atoms with van der Waals surface area (Å²) in [6, 6.07) is 10.5. The molecule has 0 bridgehead atoms. The minimum absolute atomic E-state index is 0.357. The van der Waals surface area contributed by atoms with Gasteiger partial charge in [-0.05, 0) is 24.6 Å². The number of urea groups is 1. The lowest BCUT2D eigenvalue weighted by atomic mass is 10.2. The van der Waals surface area contributed by atoms with Crippen molar-refractivity contribution in [2.24, 2.45) is 0 Å². The quantitative estimate of drug-likeness (QED) is 0.883. The summed E-state index contributed by atoms with van der Waals surface area (Å²) >= 11 is 0. The highest BCUT2D eigenvalue weighted by Crippen LogP contribution is 2.39. The minimum Gasteiger partial charge on any atom is -0.493 e. The van der Waals surface area contributed by atoms with Gasteiger partial charge in [0.25, 0.3) is 0 Å². The predicted molar refractivity (Wildman–Crippen MR) is 89.9 cm³/mol. The van der Waals surface area contributed by atoms with Crippen LogP contribution in [0.15, 0.2) is 36.4 Å². The number of carbonyl (C=O) groups excluding carboxylic acids is 1. The van der Waals surface area contributed by atoms with Crippen molar-refractivity contribution in [3.63, 3.8) is 0 Å². The number of carbonyl (C=O) groups is 1. The number of anilines is 2. The fourth-order valence-electron chi connectivity index (χ4n) is 2.17. The number of hydrogen-bond donors (Lipinski definition) is 2. The van der Waals surface area contributed by atoms with E-state index in [0.717, 1.165) is 11.3 Å². The summed E-state index contributed by atoms with van der Waals surface area (Å²) < 4.78 is 15.8. The number of ether oxygens (including phenoxy) is 3. The van der Waals surface area contributed by atoms with Crippen LogP contribution in [0.2, 0.25) is 0 Å². The molecular formula is C17H20N2O4. The van der Waals surface area contributed by atoms with E-state index in [1.165, 1.54) is 21.3 Å². The zero-order valence-electron chi connectivity index (χ0n) is 13.6. The Kier molecular flexibility index (Phi) is 5.30. The van der Waals surface area contributed by atoms with Gasteiger partial charge in [0.05, 0.1) is 27.0 Å². The number of nitrogens with one attached hydrogen (secondary N) is 2. The summed E-state index contributed by atoms with van der Waals surface area (Å²) in [6.07, 6.45) is 0. The van der Waals surface area contributed by atoms with E-state index in [2.05, 4.69) is 10.6 Å². The normalized spacial score (nSPS) is 9.91. The van der Waals surface area contributed by atoms with Crippen LogP contribution in [0.5, 0.6) is 17.2 Å². The first-order chi connectivity index (χ1) is 11.1. The number of methoxy groups -OCH3 is 3. The van der Waals surface area contributed by atoms with Gasteiger partial charge in [0.1, 0.15) is 0 Å². The summed E-state index contributed by atoms with van der Waals surface area (Å²) in [4.78, 5) is 12.1. The van der Waals surface area contributed by atoms with E-state index in [-0.39, 0.29) is 6.03 Å². The Labute approximate surface area is 135 Å². The molecule has 0 atom stereocenters. The second-order valence-corrected chi connectivity index (χ2v) is 4.86. The second kappa shape index (κ2) is 7.40. The molecule has 0 aromatic heterocycles. The predicted octanol–water partition coefficient (Wildman–Crippen LogP) is 3.66. The van der Waals surface area contributed by atoms with E-state index < -0.39 is 0 Å². The molecule has 0 saturated carbocycles. The maximum atomic E-state index is 12.1. The van der Waals surface area contributed by atoms with Gasteiger partial charge in [-0.25, -0.2) is 4.79 Å². The summed E-state index contributed by atoms with van der Waals surface area (Å²) in [5.41, 5.74) is 2.31. The molecule has 0 radical (unpaired) electrons. The summed E-state index contributed by atoms with van der Waals surface area (Å²) in [5, 5.41) is 5.52. The van der Waals surface area contributed by atoms with Crippen LogP contribution >= 0.6 is 0 Å². The van der Waals surface area contributed by atoms with E-state index in [0.29, 0.717) is 22.9 Å². The van der Waals surface area contributed by atoms with Gasteiger partial charge in [-0.1, -0.05) is 12.1 Å². The van der Waals surface area contributed by atoms with Gasteiger partial charge in [0.15, 0.2) is 11.5 Å². The summed E-state index contributed by atoms with van der Waals surface area (Å²) in [6.45, 7) is 1.96. The van der Waals surface area contributed by atoms with Crippen LogP contribution in [0.4, 0.5) is 16.2 Å². The maximum Gasteiger partial charge on any atom is 0.323 e. The van der Waals surface area contributed by atoms with Crippen molar-refractivity contribution in [3.8, 4) is 17.2 Å². The lowest BCUT2D eigenvalue weighted by molar-refractivity contribution is 0.262. The third-order valence-electron chi connectivity index (χ3n) is 3.20. The van der Waals surface area contributed by atoms with E-state index in [4.69, 9.17) is 14.2 Å². The number of benzene rings is 2. The molecule has 0 aliphatic carbocycles. The van der Waals surface area contributed by atoms with Crippen molar-refractivity contribution >= 4 is 17.4 Å². The fourth-order valence-corrected chi connectivity index (χ4v) is 2.17. The van der Waals surface area contributed by atoms with Gasteiger partial charge < -0.3 is 24.8 Å². The zero-order chi connectivity index (χ0) is 16.8. The smallest absolute Gasteiger partial charge is 0.323 e. The minimum atomic E-state index is -0.357. The fraction of sp³-hybridized carbons (Fsp3) is 0.235. The van der Waals surface area contributed by atoms with E-state index in [1.807, 2.05) is 31.2 Å². The first kappa shape index (κ1) is 16.5. The lowest BCUT2D eigenvalue weighted by Gasteiger charge is -2.15. The molecule has 0 aliphatic heterocycles. The summed E-state index contributed by atoms with van der Waals surface area (Å²) in [7, 11) is 4.57. The van der Waals surface area contributed by atoms with E-state index in [1.54, 1.807) is 12.1 Å². The molecule has 6 heteroatoms. The Morgan fingerprint density at radius 2 is 1.48 bits per heavy atom. The molecule has 122 valence electrons. The standard InChI is InChI=1S/C17H20N2O4/c1-11-6-5-7-12(8-11)18-17(20)19-13-9-14(21-2)16(23-4)15(10-13)22-3/h5-10H,1-4H3,(H2,18,19,20). The average Bonchev–Trinajstić information content (AvgIpc) is 2.53. The Hall–Kier alpha value is -2.89. The molecular weight excluding hydrogens is 296 g/mol. The van der Waals surface area contributed by atoms with Crippen molar-refractivity contribution < 1.29 is 19.0 Å². The van der Waals surface area contributed by atoms with Crippen molar-refractivity contribution in [2.45, 2.75) is 6.92 Å². The number of hydrogen-bond acceptors (Lipinski definition) is 4. The first-order valence-electron chi connectivity index (χ1n) is 7.02. The molecule has 2 aromatic rings. The van der Waals surface area contributed by atoms with Crippen LogP contribution in [0.25, 0.3) is 0 Å². The van der Waals surface area contributed by atoms with Crippen LogP contribution in [0.1, 0.15) is 5.56 Å². The van der Waals surface area contributed by atoms with Crippen LogP contribution in [0.3, 0.4) is 0 Å². The molecule has 6 nitrogen and oxygen atoms in total. The van der Waals surface area contributed by atoms with Crippen molar-refractivity contribution in [1.82, 2.24) is 0 Å². The SMILES string of the molecule is COc1cc(NC(=O)Nc2cccc(C)c2)cc(OC)c1OC. The Morgan fingerprint density at radius 1 is 0.870 bits per heavy atom. The topological polar surface area (TPSA) is 68.8 Å². The van der Waals surface area contributed by atoms with Crippen LogP contribution in [0, 0.1) is 6.92 Å². The number of rotatable bonds is 5. The van der Waals surface area contributed by atoms with Crippen LogP contribution in [-0.2, 0) is 0 Å². The molecule has 0 spiro atoms. The maximum absolute atomic E-state index is 12.1. The van der Waals surface area contributed by atoms with Crippen molar-refractivity contribution in [2.75, 3.05) is 32.0 Å². The Balaban J connectivity index is 2.17. The van der Waals surface area contributed by atoms with Gasteiger partial charge in [0, 0.05) is 17.8 Å². The lowest BCUT2D eigenvalue weighted by Crippen LogP contribution is -2.19. The number of aryl methyl sites for hydroxylation is 1. The van der Waals surface area contributed by atoms with Crippen LogP contribution < -0.4 is 24.8 Å². The molecule has 2 N–H and O–H groups in total. The Morgan fingerprint density at radius 3 is 2.00 bits per heavy atom. The van der Waals surface area contributed by atoms with Crippen molar-refractivity contribution in [1.29, 1.82) is 0 Å². The molecule has 0 aliphatic rings. The van der Waals surface area contributed by atoms with Gasteiger partial charge in [0.2, 0.25) is 5.75 Å². The van der Waals surface area contributed by atoms with Crippen LogP contribution in [-0.4, -0.2) is 27.4 Å². The number of amides is 2. The first-order valence-corrected chi connectivity index (χ1v) is 7.02. The molecule has 2 amide bonds. The highest BCUT2D eigenvalue weighted by molar-refractivity contribution is 6.00. The molecule has 0 heterocycles. The second-order valence-electron chi connectivity index (χ2n) is 4.86. The molecule has 0 unspecified atom stereocenters. The monoisotopic (exact) mass is 316 g/mol. The molecule has 0 fully saturated rings. The largest absolute Gasteiger partial charge is 0.493 e. The molecule has 2 aromatic carbocycles. The molecule has 23 heavy (non-hydrogen) atoms. The Bertz CT molecular complexity index is 676. The highest BCUT2D eigenvalue weighted by Gasteiger charge is 2.14. The summed E-state index contributed by atoms with van der Waals surface area (Å²) in [5.74, 6) is 1.41. The molecule has 0 saturated heterocycles. The zero-order valence-corrected chi connectivity index (χ0v) is 13.6. The van der Waals surface area contributed by atoms with E-state index in [9.17, 15) is 4.79 Å². The third-order valence-corrected chi connectivity index (χ3v) is 3.20. The third kappa shape index (κ3) is 4.06. The van der Waals surface area contributed by atoms with Gasteiger partial charge >= 0.3 is 6.03 Å². The van der Waals surface area contributed by atoms with Gasteiger partial charge in [-0.2, -0.15) is 0 Å². The van der Waals surface area contributed by atoms with Gasteiger partial charge in [-0.15, -0.1) is 0 Å². The average molecular weight is 316 g/mol. The van der Waals surface area contributed by atoms with Crippen molar-refractivity contribution in [3.05, 3.63) is 42.0 Å². The molecule has 2 rings (SSSR count).